The van der Waals surface area contributed by atoms with Gasteiger partial charge in [-0.1, -0.05) is 19.8 Å². The highest BCUT2D eigenvalue weighted by Gasteiger charge is 2.13. The Morgan fingerprint density at radius 2 is 2.14 bits per heavy atom. The van der Waals surface area contributed by atoms with E-state index in [0.717, 1.165) is 30.3 Å². The SMILES string of the molecule is CCCCCNC(=O)c1ccc2c(c1)nc(Cl)n2C(C)C. The van der Waals surface area contributed by atoms with Crippen molar-refractivity contribution in [1.82, 2.24) is 14.9 Å². The molecule has 0 bridgehead atoms. The molecule has 5 heteroatoms. The Labute approximate surface area is 130 Å². The molecule has 1 N–H and O–H groups in total. The molecular weight excluding hydrogens is 286 g/mol. The van der Waals surface area contributed by atoms with Crippen molar-refractivity contribution in [3.8, 4) is 0 Å². The molecule has 0 unspecified atom stereocenters. The minimum Gasteiger partial charge on any atom is -0.352 e. The largest absolute Gasteiger partial charge is 0.352 e. The summed E-state index contributed by atoms with van der Waals surface area (Å²) in [6, 6.07) is 5.77. The van der Waals surface area contributed by atoms with E-state index in [1.54, 1.807) is 6.07 Å². The number of amides is 1. The van der Waals surface area contributed by atoms with Crippen molar-refractivity contribution >= 4 is 28.5 Å². The van der Waals surface area contributed by atoms with Gasteiger partial charge in [-0.15, -0.1) is 0 Å². The number of nitrogens with zero attached hydrogens (tertiary/aromatic N) is 2. The van der Waals surface area contributed by atoms with Crippen molar-refractivity contribution in [3.63, 3.8) is 0 Å². The summed E-state index contributed by atoms with van der Waals surface area (Å²) in [4.78, 5) is 16.4. The molecular formula is C16H22ClN3O. The number of aromatic nitrogens is 2. The fourth-order valence-electron chi connectivity index (χ4n) is 2.38. The summed E-state index contributed by atoms with van der Waals surface area (Å²) in [5, 5.41) is 3.39. The quantitative estimate of drug-likeness (QED) is 0.813. The standard InChI is InChI=1S/C16H22ClN3O/c1-4-5-6-9-18-15(21)12-7-8-14-13(10-12)19-16(17)20(14)11(2)3/h7-8,10-11H,4-6,9H2,1-3H3,(H,18,21). The third-order valence-corrected chi connectivity index (χ3v) is 3.76. The van der Waals surface area contributed by atoms with Crippen LogP contribution in [0.1, 0.15) is 56.4 Å². The number of hydrogen-bond acceptors (Lipinski definition) is 2. The molecule has 4 nitrogen and oxygen atoms in total. The molecule has 1 aromatic carbocycles. The maximum absolute atomic E-state index is 12.1. The van der Waals surface area contributed by atoms with Crippen LogP contribution in [0.25, 0.3) is 11.0 Å². The zero-order valence-electron chi connectivity index (χ0n) is 12.8. The van der Waals surface area contributed by atoms with Gasteiger partial charge in [0.25, 0.3) is 5.91 Å². The molecule has 0 radical (unpaired) electrons. The highest BCUT2D eigenvalue weighted by atomic mass is 35.5. The van der Waals surface area contributed by atoms with Gasteiger partial charge in [-0.25, -0.2) is 4.98 Å². The normalized spacial score (nSPS) is 11.3. The number of hydrogen-bond donors (Lipinski definition) is 1. The molecule has 2 aromatic rings. The van der Waals surface area contributed by atoms with Crippen LogP contribution in [0.3, 0.4) is 0 Å². The zero-order valence-corrected chi connectivity index (χ0v) is 13.6. The van der Waals surface area contributed by atoms with Crippen LogP contribution in [0.15, 0.2) is 18.2 Å². The van der Waals surface area contributed by atoms with E-state index >= 15 is 0 Å². The maximum Gasteiger partial charge on any atom is 0.251 e. The maximum atomic E-state index is 12.1. The third-order valence-electron chi connectivity index (χ3n) is 3.49. The van der Waals surface area contributed by atoms with Gasteiger partial charge in [0, 0.05) is 18.2 Å². The summed E-state index contributed by atoms with van der Waals surface area (Å²) in [5.41, 5.74) is 2.34. The lowest BCUT2D eigenvalue weighted by Crippen LogP contribution is -2.24. The second kappa shape index (κ2) is 6.94. The number of unbranched alkanes of at least 4 members (excludes halogenated alkanes) is 2. The predicted octanol–water partition coefficient (Wildman–Crippen LogP) is 4.19. The van der Waals surface area contributed by atoms with E-state index in [-0.39, 0.29) is 11.9 Å². The van der Waals surface area contributed by atoms with Crippen molar-refractivity contribution in [2.75, 3.05) is 6.54 Å². The van der Waals surface area contributed by atoms with E-state index < -0.39 is 0 Å². The van der Waals surface area contributed by atoms with Gasteiger partial charge in [0.15, 0.2) is 0 Å². The van der Waals surface area contributed by atoms with Crippen LogP contribution < -0.4 is 5.32 Å². The Hall–Kier alpha value is -1.55. The van der Waals surface area contributed by atoms with E-state index in [1.165, 1.54) is 0 Å². The fraction of sp³-hybridized carbons (Fsp3) is 0.500. The Morgan fingerprint density at radius 3 is 2.81 bits per heavy atom. The van der Waals surface area contributed by atoms with Gasteiger partial charge in [0.1, 0.15) is 0 Å². The number of fused-ring (bicyclic) bond motifs is 1. The summed E-state index contributed by atoms with van der Waals surface area (Å²) < 4.78 is 1.96. The molecule has 114 valence electrons. The van der Waals surface area contributed by atoms with Gasteiger partial charge in [-0.05, 0) is 50.1 Å². The molecule has 2 rings (SSSR count). The van der Waals surface area contributed by atoms with Crippen LogP contribution in [-0.4, -0.2) is 22.0 Å². The van der Waals surface area contributed by atoms with Crippen molar-refractivity contribution < 1.29 is 4.79 Å². The number of carbonyl (C=O) groups excluding carboxylic acids is 1. The number of benzene rings is 1. The molecule has 0 spiro atoms. The third kappa shape index (κ3) is 3.56. The van der Waals surface area contributed by atoms with Gasteiger partial charge in [-0.2, -0.15) is 0 Å². The molecule has 0 fully saturated rings. The van der Waals surface area contributed by atoms with Crippen LogP contribution in [0.2, 0.25) is 5.28 Å². The number of nitrogens with one attached hydrogen (secondary N) is 1. The van der Waals surface area contributed by atoms with Crippen molar-refractivity contribution in [1.29, 1.82) is 0 Å². The lowest BCUT2D eigenvalue weighted by molar-refractivity contribution is 0.0953. The van der Waals surface area contributed by atoms with Crippen LogP contribution in [0, 0.1) is 0 Å². The predicted molar refractivity (Wildman–Crippen MR) is 87.0 cm³/mol. The molecule has 1 aromatic heterocycles. The van der Waals surface area contributed by atoms with Crippen molar-refractivity contribution in [3.05, 3.63) is 29.0 Å². The first-order chi connectivity index (χ1) is 10.0. The average molecular weight is 308 g/mol. The van der Waals surface area contributed by atoms with E-state index in [1.807, 2.05) is 16.7 Å². The minimum atomic E-state index is -0.0526. The number of rotatable bonds is 6. The highest BCUT2D eigenvalue weighted by Crippen LogP contribution is 2.24. The van der Waals surface area contributed by atoms with Gasteiger partial charge < -0.3 is 9.88 Å². The molecule has 0 aliphatic carbocycles. The molecule has 0 atom stereocenters. The molecule has 1 amide bonds. The van der Waals surface area contributed by atoms with E-state index in [9.17, 15) is 4.79 Å². The summed E-state index contributed by atoms with van der Waals surface area (Å²) in [6.45, 7) is 6.97. The molecule has 0 aliphatic rings. The second-order valence-corrected chi connectivity index (χ2v) is 5.85. The molecule has 1 heterocycles. The first-order valence-electron chi connectivity index (χ1n) is 7.50. The van der Waals surface area contributed by atoms with E-state index in [4.69, 9.17) is 11.6 Å². The van der Waals surface area contributed by atoms with Crippen LogP contribution >= 0.6 is 11.6 Å². The van der Waals surface area contributed by atoms with Gasteiger partial charge in [-0.3, -0.25) is 4.79 Å². The Balaban J connectivity index is 2.18. The topological polar surface area (TPSA) is 46.9 Å². The number of halogens is 1. The second-order valence-electron chi connectivity index (χ2n) is 5.51. The van der Waals surface area contributed by atoms with Crippen molar-refractivity contribution in [2.24, 2.45) is 0 Å². The molecule has 0 saturated heterocycles. The summed E-state index contributed by atoms with van der Waals surface area (Å²) in [6.07, 6.45) is 3.29. The first kappa shape index (κ1) is 15.8. The number of carbonyl (C=O) groups is 1. The lowest BCUT2D eigenvalue weighted by atomic mass is 10.1. The van der Waals surface area contributed by atoms with Crippen molar-refractivity contribution in [2.45, 2.75) is 46.1 Å². The average Bonchev–Trinajstić information content (AvgIpc) is 2.78. The van der Waals surface area contributed by atoms with Gasteiger partial charge in [0.2, 0.25) is 5.28 Å². The Morgan fingerprint density at radius 1 is 1.38 bits per heavy atom. The lowest BCUT2D eigenvalue weighted by Gasteiger charge is -2.09. The summed E-state index contributed by atoms with van der Waals surface area (Å²) in [7, 11) is 0. The smallest absolute Gasteiger partial charge is 0.251 e. The molecule has 21 heavy (non-hydrogen) atoms. The zero-order chi connectivity index (χ0) is 15.4. The van der Waals surface area contributed by atoms with E-state index in [0.29, 0.717) is 17.4 Å². The monoisotopic (exact) mass is 307 g/mol. The van der Waals surface area contributed by atoms with Crippen LogP contribution in [-0.2, 0) is 0 Å². The minimum absolute atomic E-state index is 0.0526. The first-order valence-corrected chi connectivity index (χ1v) is 7.88. The molecule has 0 saturated carbocycles. The summed E-state index contributed by atoms with van der Waals surface area (Å²) >= 11 is 6.16. The number of imidazole rings is 1. The highest BCUT2D eigenvalue weighted by molar-refractivity contribution is 6.29. The van der Waals surface area contributed by atoms with Crippen LogP contribution in [0.5, 0.6) is 0 Å². The summed E-state index contributed by atoms with van der Waals surface area (Å²) in [5.74, 6) is -0.0526. The van der Waals surface area contributed by atoms with Gasteiger partial charge >= 0.3 is 0 Å². The Bertz CT molecular complexity index is 634. The van der Waals surface area contributed by atoms with E-state index in [2.05, 4.69) is 31.1 Å². The van der Waals surface area contributed by atoms with Crippen LogP contribution in [0.4, 0.5) is 0 Å². The fourth-order valence-corrected chi connectivity index (χ4v) is 2.76. The molecule has 0 aliphatic heterocycles. The van der Waals surface area contributed by atoms with Gasteiger partial charge in [0.05, 0.1) is 11.0 Å². The Kier molecular flexibility index (Phi) is 5.23.